The number of benzene rings is 1. The predicted octanol–water partition coefficient (Wildman–Crippen LogP) is 0.493. The van der Waals surface area contributed by atoms with Crippen molar-refractivity contribution in [2.24, 2.45) is 7.05 Å². The van der Waals surface area contributed by atoms with E-state index in [1.54, 1.807) is 33.0 Å². The normalized spacial score (nSPS) is 11.8. The van der Waals surface area contributed by atoms with Gasteiger partial charge in [0.2, 0.25) is 10.0 Å². The number of nitrogen functional groups attached to an aromatic ring is 1. The fourth-order valence-corrected chi connectivity index (χ4v) is 3.53. The van der Waals surface area contributed by atoms with Crippen molar-refractivity contribution in [1.82, 2.24) is 19.5 Å². The molecule has 0 fully saturated rings. The van der Waals surface area contributed by atoms with Gasteiger partial charge in [0, 0.05) is 12.7 Å². The van der Waals surface area contributed by atoms with Gasteiger partial charge in [-0.15, -0.1) is 0 Å². The largest absolute Gasteiger partial charge is 0.399 e. The van der Waals surface area contributed by atoms with Crippen molar-refractivity contribution in [2.45, 2.75) is 25.3 Å². The third kappa shape index (κ3) is 2.97. The number of anilines is 1. The van der Waals surface area contributed by atoms with Gasteiger partial charge in [-0.2, -0.15) is 5.10 Å². The first-order chi connectivity index (χ1) is 9.29. The molecule has 0 aliphatic heterocycles. The monoisotopic (exact) mass is 295 g/mol. The van der Waals surface area contributed by atoms with E-state index < -0.39 is 10.0 Å². The molecule has 7 nitrogen and oxygen atoms in total. The van der Waals surface area contributed by atoms with Crippen molar-refractivity contribution < 1.29 is 8.42 Å². The number of hydrogen-bond acceptors (Lipinski definition) is 5. The van der Waals surface area contributed by atoms with Gasteiger partial charge in [-0.05, 0) is 37.1 Å². The Morgan fingerprint density at radius 3 is 2.40 bits per heavy atom. The van der Waals surface area contributed by atoms with Crippen LogP contribution in [0.2, 0.25) is 0 Å². The molecule has 3 N–H and O–H groups in total. The molecule has 8 heteroatoms. The van der Waals surface area contributed by atoms with E-state index in [1.807, 2.05) is 0 Å². The molecule has 1 aromatic carbocycles. The minimum atomic E-state index is -3.62. The third-order valence-electron chi connectivity index (χ3n) is 2.82. The van der Waals surface area contributed by atoms with Gasteiger partial charge >= 0.3 is 0 Å². The van der Waals surface area contributed by atoms with E-state index in [0.29, 0.717) is 22.6 Å². The molecule has 2 aromatic rings. The Kier molecular flexibility index (Phi) is 3.78. The van der Waals surface area contributed by atoms with Crippen molar-refractivity contribution in [1.29, 1.82) is 0 Å². The van der Waals surface area contributed by atoms with Gasteiger partial charge in [0.1, 0.15) is 6.33 Å². The summed E-state index contributed by atoms with van der Waals surface area (Å²) in [6, 6.07) is 3.28. The van der Waals surface area contributed by atoms with E-state index in [0.717, 1.165) is 0 Å². The van der Waals surface area contributed by atoms with Crippen LogP contribution in [0.1, 0.15) is 17.0 Å². The highest BCUT2D eigenvalue weighted by Crippen LogP contribution is 2.22. The van der Waals surface area contributed by atoms with Crippen LogP contribution in [0.15, 0.2) is 23.4 Å². The van der Waals surface area contributed by atoms with E-state index in [1.165, 1.54) is 11.0 Å². The first-order valence-electron chi connectivity index (χ1n) is 6.00. The minimum absolute atomic E-state index is 0.0480. The quantitative estimate of drug-likeness (QED) is 0.799. The van der Waals surface area contributed by atoms with Crippen LogP contribution >= 0.6 is 0 Å². The minimum Gasteiger partial charge on any atom is -0.399 e. The van der Waals surface area contributed by atoms with Gasteiger partial charge in [-0.1, -0.05) is 0 Å². The number of sulfonamides is 1. The van der Waals surface area contributed by atoms with Crippen LogP contribution in [0, 0.1) is 13.8 Å². The van der Waals surface area contributed by atoms with Crippen molar-refractivity contribution >= 4 is 15.7 Å². The van der Waals surface area contributed by atoms with Crippen LogP contribution < -0.4 is 10.5 Å². The summed E-state index contributed by atoms with van der Waals surface area (Å²) < 4.78 is 28.7. The van der Waals surface area contributed by atoms with E-state index in [9.17, 15) is 8.42 Å². The summed E-state index contributed by atoms with van der Waals surface area (Å²) in [6.07, 6.45) is 1.52. The van der Waals surface area contributed by atoms with Crippen molar-refractivity contribution in [2.75, 3.05) is 5.73 Å². The summed E-state index contributed by atoms with van der Waals surface area (Å²) in [6.45, 7) is 3.49. The number of nitrogens with zero attached hydrogens (tertiary/aromatic N) is 3. The third-order valence-corrected chi connectivity index (χ3v) is 4.52. The first-order valence-corrected chi connectivity index (χ1v) is 7.49. The number of aryl methyl sites for hydroxylation is 3. The highest BCUT2D eigenvalue weighted by Gasteiger charge is 2.20. The lowest BCUT2D eigenvalue weighted by Gasteiger charge is -2.12. The summed E-state index contributed by atoms with van der Waals surface area (Å²) >= 11 is 0. The van der Waals surface area contributed by atoms with Crippen LogP contribution in [0.5, 0.6) is 0 Å². The van der Waals surface area contributed by atoms with Crippen molar-refractivity contribution in [3.63, 3.8) is 0 Å². The highest BCUT2D eigenvalue weighted by molar-refractivity contribution is 7.89. The molecule has 0 bridgehead atoms. The Balaban J connectivity index is 2.27. The summed E-state index contributed by atoms with van der Waals surface area (Å²) in [5.74, 6) is 0.418. The lowest BCUT2D eigenvalue weighted by atomic mass is 10.1. The van der Waals surface area contributed by atoms with E-state index in [2.05, 4.69) is 14.8 Å². The smallest absolute Gasteiger partial charge is 0.241 e. The zero-order valence-corrected chi connectivity index (χ0v) is 12.4. The van der Waals surface area contributed by atoms with Gasteiger partial charge in [-0.3, -0.25) is 4.68 Å². The van der Waals surface area contributed by atoms with Gasteiger partial charge in [0.25, 0.3) is 0 Å². The molecule has 0 radical (unpaired) electrons. The van der Waals surface area contributed by atoms with Gasteiger partial charge in [-0.25, -0.2) is 18.1 Å². The second-order valence-corrected chi connectivity index (χ2v) is 6.35. The van der Waals surface area contributed by atoms with Gasteiger partial charge in [0.15, 0.2) is 5.82 Å². The molecular weight excluding hydrogens is 278 g/mol. The molecule has 0 saturated heterocycles. The Morgan fingerprint density at radius 1 is 1.30 bits per heavy atom. The predicted molar refractivity (Wildman–Crippen MR) is 75.4 cm³/mol. The molecular formula is C12H17N5O2S. The number of nitrogens with two attached hydrogens (primary N) is 1. The summed E-state index contributed by atoms with van der Waals surface area (Å²) in [5, 5.41) is 4.03. The fourth-order valence-electron chi connectivity index (χ4n) is 2.10. The number of aromatic nitrogens is 3. The Bertz CT molecular complexity index is 713. The summed E-state index contributed by atoms with van der Waals surface area (Å²) in [5.41, 5.74) is 7.48. The van der Waals surface area contributed by atoms with Crippen LogP contribution in [-0.2, 0) is 23.6 Å². The standard InChI is InChI=1S/C12H17N5O2S/c1-8-4-10(13)5-9(2)12(8)20(18,19)15-6-11-14-7-17(3)16-11/h4-5,7,15H,6,13H2,1-3H3. The molecule has 0 unspecified atom stereocenters. The fraction of sp³-hybridized carbons (Fsp3) is 0.333. The average molecular weight is 295 g/mol. The van der Waals surface area contributed by atoms with E-state index >= 15 is 0 Å². The second kappa shape index (κ2) is 5.22. The zero-order chi connectivity index (χ0) is 14.9. The number of nitrogens with one attached hydrogen (secondary N) is 1. The molecule has 0 aliphatic rings. The lowest BCUT2D eigenvalue weighted by molar-refractivity contribution is 0.577. The molecule has 0 saturated carbocycles. The van der Waals surface area contributed by atoms with Crippen LogP contribution in [0.4, 0.5) is 5.69 Å². The molecule has 20 heavy (non-hydrogen) atoms. The Hall–Kier alpha value is -1.93. The average Bonchev–Trinajstić information content (AvgIpc) is 2.71. The molecule has 1 heterocycles. The Labute approximate surface area is 117 Å². The molecule has 0 amide bonds. The Morgan fingerprint density at radius 2 is 1.90 bits per heavy atom. The molecule has 1 aromatic heterocycles. The van der Waals surface area contributed by atoms with Crippen molar-refractivity contribution in [3.8, 4) is 0 Å². The molecule has 0 aliphatic carbocycles. The number of hydrogen-bond donors (Lipinski definition) is 2. The van der Waals surface area contributed by atoms with Crippen LogP contribution in [0.3, 0.4) is 0 Å². The lowest BCUT2D eigenvalue weighted by Crippen LogP contribution is -2.25. The highest BCUT2D eigenvalue weighted by atomic mass is 32.2. The topological polar surface area (TPSA) is 103 Å². The van der Waals surface area contributed by atoms with Gasteiger partial charge in [0.05, 0.1) is 11.4 Å². The zero-order valence-electron chi connectivity index (χ0n) is 11.6. The molecule has 2 rings (SSSR count). The molecule has 0 spiro atoms. The maximum Gasteiger partial charge on any atom is 0.241 e. The van der Waals surface area contributed by atoms with E-state index in [4.69, 9.17) is 5.73 Å². The second-order valence-electron chi connectivity index (χ2n) is 4.64. The molecule has 0 atom stereocenters. The maximum absolute atomic E-state index is 12.4. The SMILES string of the molecule is Cc1cc(N)cc(C)c1S(=O)(=O)NCc1ncn(C)n1. The summed E-state index contributed by atoms with van der Waals surface area (Å²) in [4.78, 5) is 4.23. The van der Waals surface area contributed by atoms with Crippen LogP contribution in [0.25, 0.3) is 0 Å². The van der Waals surface area contributed by atoms with Gasteiger partial charge < -0.3 is 5.73 Å². The maximum atomic E-state index is 12.4. The van der Waals surface area contributed by atoms with Crippen molar-refractivity contribution in [3.05, 3.63) is 35.4 Å². The van der Waals surface area contributed by atoms with E-state index in [-0.39, 0.29) is 11.4 Å². The summed E-state index contributed by atoms with van der Waals surface area (Å²) in [7, 11) is -1.90. The first kappa shape index (κ1) is 14.5. The number of rotatable bonds is 4. The van der Waals surface area contributed by atoms with Crippen LogP contribution in [-0.4, -0.2) is 23.2 Å². The molecule has 108 valence electrons.